The first kappa shape index (κ1) is 23.6. The van der Waals surface area contributed by atoms with Crippen LogP contribution in [-0.2, 0) is 6.18 Å². The summed E-state index contributed by atoms with van der Waals surface area (Å²) in [5.74, 6) is 0.431. The van der Waals surface area contributed by atoms with Gasteiger partial charge in [0.1, 0.15) is 12.4 Å². The molecule has 0 saturated carbocycles. The number of benzene rings is 1. The van der Waals surface area contributed by atoms with Crippen LogP contribution in [0.1, 0.15) is 12.0 Å². The minimum atomic E-state index is -4.41. The monoisotopic (exact) mass is 485 g/mol. The van der Waals surface area contributed by atoms with Crippen LogP contribution in [0.2, 0.25) is 0 Å². The van der Waals surface area contributed by atoms with E-state index >= 15 is 0 Å². The lowest BCUT2D eigenvalue weighted by atomic mass is 10.2. The number of hydrogen-bond acceptors (Lipinski definition) is 2. The second kappa shape index (κ2) is 10.6. The zero-order valence-electron chi connectivity index (χ0n) is 13.2. The van der Waals surface area contributed by atoms with Gasteiger partial charge >= 0.3 is 12.4 Å². The number of halogens is 7. The van der Waals surface area contributed by atoms with E-state index in [9.17, 15) is 26.3 Å². The third-order valence-electron chi connectivity index (χ3n) is 2.77. The lowest BCUT2D eigenvalue weighted by molar-refractivity contribution is -0.137. The van der Waals surface area contributed by atoms with Crippen molar-refractivity contribution < 1.29 is 31.1 Å². The first-order valence-corrected chi connectivity index (χ1v) is 6.93. The summed E-state index contributed by atoms with van der Waals surface area (Å²) in [5, 5.41) is 5.22. The van der Waals surface area contributed by atoms with E-state index in [1.54, 1.807) is 0 Å². The van der Waals surface area contributed by atoms with Gasteiger partial charge in [0.15, 0.2) is 5.96 Å². The van der Waals surface area contributed by atoms with Crippen LogP contribution < -0.4 is 15.4 Å². The van der Waals surface area contributed by atoms with E-state index in [4.69, 9.17) is 4.74 Å². The lowest BCUT2D eigenvalue weighted by Gasteiger charge is -2.13. The van der Waals surface area contributed by atoms with Crippen molar-refractivity contribution in [1.82, 2.24) is 10.6 Å². The maximum Gasteiger partial charge on any atom is 0.416 e. The van der Waals surface area contributed by atoms with Gasteiger partial charge in [0.05, 0.1) is 18.5 Å². The number of alkyl halides is 6. The smallest absolute Gasteiger partial charge is 0.416 e. The minimum absolute atomic E-state index is 0. The summed E-state index contributed by atoms with van der Waals surface area (Å²) < 4.78 is 78.4. The standard InChI is InChI=1S/C14H17F6N3O.HI/c1-21-12(22-7-6-13(15,16)17)23-8-9-24-11-4-2-10(3-5-11)14(18,19)20;/h2-5H,6-9H2,1H3,(H2,21,22,23);1H. The Kier molecular flexibility index (Phi) is 9.97. The average molecular weight is 485 g/mol. The van der Waals surface area contributed by atoms with Crippen molar-refractivity contribution in [2.24, 2.45) is 4.99 Å². The molecule has 1 aromatic carbocycles. The Hall–Kier alpha value is -1.40. The SMILES string of the molecule is CN=C(NCCOc1ccc(C(F)(F)F)cc1)NCCC(F)(F)F.I. The molecule has 11 heteroatoms. The number of hydrogen-bond donors (Lipinski definition) is 2. The molecule has 0 saturated heterocycles. The van der Waals surface area contributed by atoms with E-state index in [1.165, 1.54) is 19.2 Å². The Labute approximate surface area is 158 Å². The Bertz CT molecular complexity index is 531. The predicted molar refractivity (Wildman–Crippen MR) is 92.4 cm³/mol. The zero-order chi connectivity index (χ0) is 18.2. The highest BCUT2D eigenvalue weighted by Crippen LogP contribution is 2.30. The topological polar surface area (TPSA) is 45.7 Å². The van der Waals surface area contributed by atoms with Crippen LogP contribution in [0.3, 0.4) is 0 Å². The third kappa shape index (κ3) is 10.2. The van der Waals surface area contributed by atoms with Gasteiger partial charge in [-0.15, -0.1) is 24.0 Å². The molecule has 2 N–H and O–H groups in total. The van der Waals surface area contributed by atoms with Gasteiger partial charge in [-0.3, -0.25) is 4.99 Å². The molecule has 4 nitrogen and oxygen atoms in total. The predicted octanol–water partition coefficient (Wildman–Crippen LogP) is 3.82. The minimum Gasteiger partial charge on any atom is -0.492 e. The van der Waals surface area contributed by atoms with Crippen molar-refractivity contribution in [3.63, 3.8) is 0 Å². The van der Waals surface area contributed by atoms with Crippen molar-refractivity contribution in [1.29, 1.82) is 0 Å². The van der Waals surface area contributed by atoms with E-state index in [1.807, 2.05) is 0 Å². The van der Waals surface area contributed by atoms with Crippen LogP contribution >= 0.6 is 24.0 Å². The second-order valence-electron chi connectivity index (χ2n) is 4.66. The highest BCUT2D eigenvalue weighted by Gasteiger charge is 2.30. The molecule has 0 aliphatic carbocycles. The van der Waals surface area contributed by atoms with Gasteiger partial charge in [-0.05, 0) is 24.3 Å². The molecule has 25 heavy (non-hydrogen) atoms. The molecule has 144 valence electrons. The molecule has 0 spiro atoms. The molecule has 0 radical (unpaired) electrons. The lowest BCUT2D eigenvalue weighted by Crippen LogP contribution is -2.40. The Morgan fingerprint density at radius 1 is 1.00 bits per heavy atom. The van der Waals surface area contributed by atoms with E-state index in [0.717, 1.165) is 12.1 Å². The summed E-state index contributed by atoms with van der Waals surface area (Å²) in [6.45, 7) is 0.000976. The molecule has 0 bridgehead atoms. The first-order chi connectivity index (χ1) is 11.1. The Morgan fingerprint density at radius 2 is 1.56 bits per heavy atom. The summed E-state index contributed by atoms with van der Waals surface area (Å²) in [4.78, 5) is 3.74. The molecule has 0 amide bonds. The number of ether oxygens (including phenoxy) is 1. The molecule has 0 aliphatic heterocycles. The van der Waals surface area contributed by atoms with Gasteiger partial charge in [-0.1, -0.05) is 0 Å². The van der Waals surface area contributed by atoms with E-state index in [2.05, 4.69) is 15.6 Å². The molecule has 0 unspecified atom stereocenters. The molecular weight excluding hydrogens is 467 g/mol. The summed E-state index contributed by atoms with van der Waals surface area (Å²) in [6.07, 6.45) is -9.65. The number of nitrogens with zero attached hydrogens (tertiary/aromatic N) is 1. The van der Waals surface area contributed by atoms with Gasteiger partial charge in [0.25, 0.3) is 0 Å². The fourth-order valence-electron chi connectivity index (χ4n) is 1.62. The number of guanidine groups is 1. The maximum atomic E-state index is 12.4. The normalized spacial score (nSPS) is 12.4. The van der Waals surface area contributed by atoms with Crippen LogP contribution in [0, 0.1) is 0 Å². The van der Waals surface area contributed by atoms with Gasteiger partial charge in [0, 0.05) is 13.6 Å². The quantitative estimate of drug-likeness (QED) is 0.212. The van der Waals surface area contributed by atoms with Crippen LogP contribution in [0.4, 0.5) is 26.3 Å². The van der Waals surface area contributed by atoms with Crippen molar-refractivity contribution in [2.45, 2.75) is 18.8 Å². The van der Waals surface area contributed by atoms with Crippen molar-refractivity contribution in [2.75, 3.05) is 26.7 Å². The van der Waals surface area contributed by atoms with Crippen molar-refractivity contribution >= 4 is 29.9 Å². The van der Waals surface area contributed by atoms with Gasteiger partial charge in [-0.25, -0.2) is 0 Å². The molecule has 0 heterocycles. The first-order valence-electron chi connectivity index (χ1n) is 6.93. The Morgan fingerprint density at radius 3 is 2.04 bits per heavy atom. The molecule has 0 fully saturated rings. The van der Waals surface area contributed by atoms with Crippen LogP contribution in [0.25, 0.3) is 0 Å². The maximum absolute atomic E-state index is 12.4. The van der Waals surface area contributed by atoms with Crippen LogP contribution in [-0.4, -0.2) is 38.9 Å². The van der Waals surface area contributed by atoms with E-state index in [-0.39, 0.29) is 55.4 Å². The Balaban J connectivity index is 0.00000576. The average Bonchev–Trinajstić information content (AvgIpc) is 2.48. The largest absolute Gasteiger partial charge is 0.492 e. The summed E-state index contributed by atoms with van der Waals surface area (Å²) in [7, 11) is 1.40. The molecule has 1 aromatic rings. The second-order valence-corrected chi connectivity index (χ2v) is 4.66. The number of rotatable bonds is 6. The van der Waals surface area contributed by atoms with Gasteiger partial charge in [0.2, 0.25) is 0 Å². The van der Waals surface area contributed by atoms with Crippen LogP contribution in [0.5, 0.6) is 5.75 Å². The van der Waals surface area contributed by atoms with E-state index < -0.39 is 24.3 Å². The molecule has 1 rings (SSSR count). The van der Waals surface area contributed by atoms with Crippen LogP contribution in [0.15, 0.2) is 29.3 Å². The van der Waals surface area contributed by atoms with Gasteiger partial charge < -0.3 is 15.4 Å². The highest BCUT2D eigenvalue weighted by molar-refractivity contribution is 14.0. The summed E-state index contributed by atoms with van der Waals surface area (Å²) in [5.41, 5.74) is -0.776. The van der Waals surface area contributed by atoms with Crippen molar-refractivity contribution in [3.8, 4) is 5.75 Å². The third-order valence-corrected chi connectivity index (χ3v) is 2.77. The number of aliphatic imine (C=N–C) groups is 1. The zero-order valence-corrected chi connectivity index (χ0v) is 15.5. The number of nitrogens with one attached hydrogen (secondary N) is 2. The molecular formula is C14H18F6IN3O. The highest BCUT2D eigenvalue weighted by atomic mass is 127. The molecule has 0 atom stereocenters. The molecule has 0 aliphatic rings. The fraction of sp³-hybridized carbons (Fsp3) is 0.500. The molecule has 0 aromatic heterocycles. The van der Waals surface area contributed by atoms with Gasteiger partial charge in [-0.2, -0.15) is 26.3 Å². The fourth-order valence-corrected chi connectivity index (χ4v) is 1.62. The summed E-state index contributed by atoms with van der Waals surface area (Å²) >= 11 is 0. The summed E-state index contributed by atoms with van der Waals surface area (Å²) in [6, 6.07) is 4.19. The van der Waals surface area contributed by atoms with E-state index in [0.29, 0.717) is 0 Å². The van der Waals surface area contributed by atoms with Crippen molar-refractivity contribution in [3.05, 3.63) is 29.8 Å².